The smallest absolute Gasteiger partial charge is 0.311 e. The van der Waals surface area contributed by atoms with E-state index in [1.807, 2.05) is 0 Å². The number of ether oxygens (including phenoxy) is 2. The monoisotopic (exact) mass is 490 g/mol. The van der Waals surface area contributed by atoms with Crippen molar-refractivity contribution in [2.75, 3.05) is 25.2 Å². The molecule has 2 aromatic carbocycles. The second-order valence-electron chi connectivity index (χ2n) is 7.11. The minimum absolute atomic E-state index is 0.0588. The molecule has 1 atom stereocenters. The van der Waals surface area contributed by atoms with Gasteiger partial charge in [0, 0.05) is 19.0 Å². The number of esters is 1. The zero-order chi connectivity index (χ0) is 24.8. The number of amides is 3. The minimum atomic E-state index is -0.863. The van der Waals surface area contributed by atoms with Gasteiger partial charge in [-0.05, 0) is 18.2 Å². The predicted octanol–water partition coefficient (Wildman–Crippen LogP) is 1.61. The van der Waals surface area contributed by atoms with Crippen LogP contribution in [0.4, 0.5) is 11.4 Å². The molecule has 1 fully saturated rings. The summed E-state index contributed by atoms with van der Waals surface area (Å²) in [5.74, 6) is -3.41. The molecular formula is C21H19ClN4O8. The third kappa shape index (κ3) is 5.59. The highest BCUT2D eigenvalue weighted by Crippen LogP contribution is 2.35. The molecule has 0 aromatic heterocycles. The van der Waals surface area contributed by atoms with Gasteiger partial charge in [-0.1, -0.05) is 23.7 Å². The van der Waals surface area contributed by atoms with Gasteiger partial charge in [0.2, 0.25) is 5.91 Å². The van der Waals surface area contributed by atoms with Crippen LogP contribution in [0.2, 0.25) is 5.02 Å². The summed E-state index contributed by atoms with van der Waals surface area (Å²) in [6, 6.07) is 9.98. The first kappa shape index (κ1) is 24.5. The van der Waals surface area contributed by atoms with E-state index >= 15 is 0 Å². The van der Waals surface area contributed by atoms with E-state index in [-0.39, 0.29) is 40.7 Å². The van der Waals surface area contributed by atoms with Crippen molar-refractivity contribution in [1.29, 1.82) is 0 Å². The molecule has 0 unspecified atom stereocenters. The number of rotatable bonds is 7. The predicted molar refractivity (Wildman–Crippen MR) is 118 cm³/mol. The molecule has 0 spiro atoms. The van der Waals surface area contributed by atoms with Crippen LogP contribution in [-0.2, 0) is 19.1 Å². The van der Waals surface area contributed by atoms with Gasteiger partial charge in [-0.3, -0.25) is 40.1 Å². The molecule has 178 valence electrons. The Hall–Kier alpha value is -4.19. The number of hydrogen-bond donors (Lipinski definition) is 2. The van der Waals surface area contributed by atoms with Gasteiger partial charge in [0.1, 0.15) is 5.75 Å². The number of halogens is 1. The van der Waals surface area contributed by atoms with Crippen LogP contribution in [0.15, 0.2) is 42.5 Å². The summed E-state index contributed by atoms with van der Waals surface area (Å²) in [4.78, 5) is 60.4. The van der Waals surface area contributed by atoms with Crippen LogP contribution in [-0.4, -0.2) is 48.9 Å². The topological polar surface area (TPSA) is 157 Å². The van der Waals surface area contributed by atoms with Crippen molar-refractivity contribution in [2.45, 2.75) is 6.42 Å². The molecule has 34 heavy (non-hydrogen) atoms. The van der Waals surface area contributed by atoms with Crippen LogP contribution in [0.5, 0.6) is 5.75 Å². The highest BCUT2D eigenvalue weighted by atomic mass is 35.5. The molecule has 1 aliphatic heterocycles. The number of carbonyl (C=O) groups excluding carboxylic acids is 4. The summed E-state index contributed by atoms with van der Waals surface area (Å²) < 4.78 is 10.1. The highest BCUT2D eigenvalue weighted by molar-refractivity contribution is 6.33. The molecular weight excluding hydrogens is 472 g/mol. The summed E-state index contributed by atoms with van der Waals surface area (Å²) in [7, 11) is 1.30. The lowest BCUT2D eigenvalue weighted by Crippen LogP contribution is -2.44. The second-order valence-corrected chi connectivity index (χ2v) is 7.52. The standard InChI is InChI=1S/C21H19ClN4O8/c1-33-17-9-13(26(31)32)6-7-16(17)25-10-12(8-19(25)28)21(30)34-11-18(27)23-24-20(29)14-4-2-3-5-15(14)22/h2-7,9,12H,8,10-11H2,1H3,(H,23,27)(H,24,29)/t12-/m1/s1. The largest absolute Gasteiger partial charge is 0.494 e. The average Bonchev–Trinajstić information content (AvgIpc) is 3.22. The lowest BCUT2D eigenvalue weighted by atomic mass is 10.1. The number of nitro groups is 1. The number of hydrazine groups is 1. The van der Waals surface area contributed by atoms with Crippen LogP contribution in [0.3, 0.4) is 0 Å². The molecule has 1 heterocycles. The molecule has 13 heteroatoms. The first-order chi connectivity index (χ1) is 16.2. The first-order valence-electron chi connectivity index (χ1n) is 9.84. The molecule has 12 nitrogen and oxygen atoms in total. The van der Waals surface area contributed by atoms with E-state index in [0.717, 1.165) is 0 Å². The van der Waals surface area contributed by atoms with Gasteiger partial charge < -0.3 is 14.4 Å². The van der Waals surface area contributed by atoms with E-state index in [1.54, 1.807) is 12.1 Å². The van der Waals surface area contributed by atoms with Crippen molar-refractivity contribution in [1.82, 2.24) is 10.9 Å². The van der Waals surface area contributed by atoms with Crippen LogP contribution in [0.25, 0.3) is 0 Å². The Labute approximate surface area is 197 Å². The van der Waals surface area contributed by atoms with E-state index < -0.39 is 41.1 Å². The number of anilines is 1. The lowest BCUT2D eigenvalue weighted by molar-refractivity contribution is -0.384. The third-order valence-corrected chi connectivity index (χ3v) is 5.23. The molecule has 0 aliphatic carbocycles. The molecule has 1 aliphatic rings. The summed E-state index contributed by atoms with van der Waals surface area (Å²) in [5, 5.41) is 11.1. The lowest BCUT2D eigenvalue weighted by Gasteiger charge is -2.19. The number of nitro benzene ring substituents is 1. The van der Waals surface area contributed by atoms with E-state index in [4.69, 9.17) is 21.1 Å². The second kappa shape index (κ2) is 10.6. The minimum Gasteiger partial charge on any atom is -0.494 e. The van der Waals surface area contributed by atoms with Crippen molar-refractivity contribution in [3.8, 4) is 5.75 Å². The number of nitrogens with zero attached hydrogens (tertiary/aromatic N) is 2. The highest BCUT2D eigenvalue weighted by Gasteiger charge is 2.37. The van der Waals surface area contributed by atoms with Crippen molar-refractivity contribution in [2.24, 2.45) is 5.92 Å². The summed E-state index contributed by atoms with van der Waals surface area (Å²) in [5.41, 5.74) is 4.46. The number of non-ortho nitro benzene ring substituents is 1. The third-order valence-electron chi connectivity index (χ3n) is 4.90. The van der Waals surface area contributed by atoms with Gasteiger partial charge in [-0.2, -0.15) is 0 Å². The van der Waals surface area contributed by atoms with Gasteiger partial charge in [-0.15, -0.1) is 0 Å². The Morgan fingerprint density at radius 2 is 1.94 bits per heavy atom. The van der Waals surface area contributed by atoms with Gasteiger partial charge in [0.15, 0.2) is 6.61 Å². The fraction of sp³-hybridized carbons (Fsp3) is 0.238. The maximum Gasteiger partial charge on any atom is 0.311 e. The quantitative estimate of drug-likeness (QED) is 0.336. The number of benzene rings is 2. The van der Waals surface area contributed by atoms with Crippen molar-refractivity contribution in [3.05, 3.63) is 63.2 Å². The Morgan fingerprint density at radius 1 is 1.21 bits per heavy atom. The zero-order valence-corrected chi connectivity index (χ0v) is 18.5. The Kier molecular flexibility index (Phi) is 7.64. The van der Waals surface area contributed by atoms with Crippen molar-refractivity contribution < 1.29 is 33.6 Å². The zero-order valence-electron chi connectivity index (χ0n) is 17.8. The van der Waals surface area contributed by atoms with E-state index in [1.165, 1.54) is 42.3 Å². The number of methoxy groups -OCH3 is 1. The van der Waals surface area contributed by atoms with E-state index in [9.17, 15) is 29.3 Å². The van der Waals surface area contributed by atoms with Crippen molar-refractivity contribution >= 4 is 46.7 Å². The van der Waals surface area contributed by atoms with E-state index in [0.29, 0.717) is 0 Å². The molecule has 0 saturated carbocycles. The molecule has 0 bridgehead atoms. The van der Waals surface area contributed by atoms with Gasteiger partial charge in [0.05, 0.1) is 40.3 Å². The van der Waals surface area contributed by atoms with Crippen LogP contribution in [0.1, 0.15) is 16.8 Å². The normalized spacial score (nSPS) is 14.9. The van der Waals surface area contributed by atoms with Crippen LogP contribution < -0.4 is 20.5 Å². The molecule has 1 saturated heterocycles. The van der Waals surface area contributed by atoms with Gasteiger partial charge in [-0.25, -0.2) is 0 Å². The Balaban J connectivity index is 1.53. The number of nitrogens with one attached hydrogen (secondary N) is 2. The molecule has 3 amide bonds. The van der Waals surface area contributed by atoms with Gasteiger partial charge in [0.25, 0.3) is 17.5 Å². The average molecular weight is 491 g/mol. The maximum absolute atomic E-state index is 12.4. The first-order valence-corrected chi connectivity index (χ1v) is 10.2. The number of carbonyl (C=O) groups is 4. The molecule has 2 aromatic rings. The molecule has 3 rings (SSSR count). The van der Waals surface area contributed by atoms with Crippen molar-refractivity contribution in [3.63, 3.8) is 0 Å². The molecule has 2 N–H and O–H groups in total. The number of hydrogen-bond acceptors (Lipinski definition) is 8. The summed E-state index contributed by atoms with van der Waals surface area (Å²) >= 11 is 5.91. The summed E-state index contributed by atoms with van der Waals surface area (Å²) in [6.07, 6.45) is -0.177. The fourth-order valence-corrected chi connectivity index (χ4v) is 3.45. The van der Waals surface area contributed by atoms with Gasteiger partial charge >= 0.3 is 5.97 Å². The fourth-order valence-electron chi connectivity index (χ4n) is 3.23. The van der Waals surface area contributed by atoms with Crippen LogP contribution in [0, 0.1) is 16.0 Å². The van der Waals surface area contributed by atoms with Crippen LogP contribution >= 0.6 is 11.6 Å². The Bertz CT molecular complexity index is 1160. The summed E-state index contributed by atoms with van der Waals surface area (Å²) in [6.45, 7) is -0.746. The van der Waals surface area contributed by atoms with E-state index in [2.05, 4.69) is 10.9 Å². The Morgan fingerprint density at radius 3 is 2.62 bits per heavy atom. The SMILES string of the molecule is COc1cc([N+](=O)[O-])ccc1N1C[C@H](C(=O)OCC(=O)NNC(=O)c2ccccc2Cl)CC1=O. The molecule has 0 radical (unpaired) electrons. The maximum atomic E-state index is 12.4.